The van der Waals surface area contributed by atoms with Crippen molar-refractivity contribution in [3.8, 4) is 5.75 Å². The highest BCUT2D eigenvalue weighted by atomic mass is 19.1. The molecule has 1 aliphatic heterocycles. The lowest BCUT2D eigenvalue weighted by Crippen LogP contribution is -2.52. The second-order valence-corrected chi connectivity index (χ2v) is 6.86. The normalized spacial score (nSPS) is 13.9. The lowest BCUT2D eigenvalue weighted by molar-refractivity contribution is -0.139. The Balaban J connectivity index is 1.18. The number of amides is 1. The molecular weight excluding hydrogens is 375 g/mol. The zero-order chi connectivity index (χ0) is 20.1. The molecule has 1 amide bonds. The van der Waals surface area contributed by atoms with Gasteiger partial charge < -0.3 is 14.4 Å². The van der Waals surface area contributed by atoms with Crippen LogP contribution in [0.2, 0.25) is 0 Å². The molecule has 0 bridgehead atoms. The van der Waals surface area contributed by atoms with Crippen LogP contribution in [0.4, 0.5) is 4.39 Å². The predicted molar refractivity (Wildman–Crippen MR) is 102 cm³/mol. The number of ether oxygens (including phenoxy) is 2. The summed E-state index contributed by atoms with van der Waals surface area (Å²) in [5.41, 5.74) is 1.86. The largest absolute Gasteiger partial charge is 0.484 e. The Labute approximate surface area is 167 Å². The molecule has 1 saturated heterocycles. The fourth-order valence-electron chi connectivity index (χ4n) is 3.00. The molecule has 1 aromatic heterocycles. The van der Waals surface area contributed by atoms with Crippen LogP contribution in [0.15, 0.2) is 60.8 Å². The number of likely N-dealkylation sites (tertiary alicyclic amines) is 1. The second kappa shape index (κ2) is 8.83. The first-order chi connectivity index (χ1) is 14.2. The summed E-state index contributed by atoms with van der Waals surface area (Å²) < 4.78 is 25.7. The molecule has 150 valence electrons. The molecule has 0 unspecified atom stereocenters. The van der Waals surface area contributed by atoms with E-state index in [9.17, 15) is 9.18 Å². The number of hydrogen-bond acceptors (Lipinski definition) is 5. The van der Waals surface area contributed by atoms with Gasteiger partial charge in [0, 0.05) is 13.1 Å². The number of carbonyl (C=O) groups is 1. The molecule has 3 aromatic rings. The van der Waals surface area contributed by atoms with Gasteiger partial charge in [-0.05, 0) is 29.8 Å². The van der Waals surface area contributed by atoms with E-state index in [1.807, 2.05) is 36.5 Å². The average molecular weight is 396 g/mol. The van der Waals surface area contributed by atoms with Crippen molar-refractivity contribution in [1.29, 1.82) is 0 Å². The predicted octanol–water partition coefficient (Wildman–Crippen LogP) is 2.60. The Bertz CT molecular complexity index is 940. The number of halogens is 1. The van der Waals surface area contributed by atoms with E-state index in [0.29, 0.717) is 32.1 Å². The van der Waals surface area contributed by atoms with Gasteiger partial charge in [-0.15, -0.1) is 5.10 Å². The lowest BCUT2D eigenvalue weighted by atomic mass is 10.1. The topological polar surface area (TPSA) is 69.5 Å². The van der Waals surface area contributed by atoms with Crippen molar-refractivity contribution in [2.45, 2.75) is 19.3 Å². The minimum atomic E-state index is -0.341. The molecule has 0 atom stereocenters. The number of nitrogens with zero attached hydrogens (tertiary/aromatic N) is 4. The Morgan fingerprint density at radius 2 is 1.83 bits per heavy atom. The van der Waals surface area contributed by atoms with Crippen LogP contribution in [0.25, 0.3) is 0 Å². The SMILES string of the molecule is O=C(COc1ccc(F)cc1)N1CC(n2cc(COCc3ccccc3)nn2)C1. The summed E-state index contributed by atoms with van der Waals surface area (Å²) in [6.07, 6.45) is 1.85. The maximum absolute atomic E-state index is 12.9. The van der Waals surface area contributed by atoms with E-state index >= 15 is 0 Å². The highest BCUT2D eigenvalue weighted by molar-refractivity contribution is 5.78. The summed E-state index contributed by atoms with van der Waals surface area (Å²) in [6.45, 7) is 1.94. The summed E-state index contributed by atoms with van der Waals surface area (Å²) >= 11 is 0. The summed E-state index contributed by atoms with van der Waals surface area (Å²) in [4.78, 5) is 13.9. The lowest BCUT2D eigenvalue weighted by Gasteiger charge is -2.38. The quantitative estimate of drug-likeness (QED) is 0.585. The second-order valence-electron chi connectivity index (χ2n) is 6.86. The number of aromatic nitrogens is 3. The molecule has 7 nitrogen and oxygen atoms in total. The molecule has 1 fully saturated rings. The Morgan fingerprint density at radius 1 is 1.07 bits per heavy atom. The first kappa shape index (κ1) is 19.1. The van der Waals surface area contributed by atoms with E-state index in [1.54, 1.807) is 9.58 Å². The number of carbonyl (C=O) groups excluding carboxylic acids is 1. The van der Waals surface area contributed by atoms with Crippen LogP contribution in [-0.2, 0) is 22.7 Å². The van der Waals surface area contributed by atoms with Gasteiger partial charge in [-0.1, -0.05) is 35.5 Å². The van der Waals surface area contributed by atoms with Crippen molar-refractivity contribution in [2.75, 3.05) is 19.7 Å². The fraction of sp³-hybridized carbons (Fsp3) is 0.286. The zero-order valence-electron chi connectivity index (χ0n) is 15.8. The van der Waals surface area contributed by atoms with Crippen LogP contribution in [0, 0.1) is 5.82 Å². The molecule has 29 heavy (non-hydrogen) atoms. The molecule has 0 spiro atoms. The Hall–Kier alpha value is -3.26. The van der Waals surface area contributed by atoms with Gasteiger partial charge in [-0.3, -0.25) is 4.79 Å². The molecule has 2 aromatic carbocycles. The van der Waals surface area contributed by atoms with Crippen molar-refractivity contribution in [2.24, 2.45) is 0 Å². The highest BCUT2D eigenvalue weighted by Crippen LogP contribution is 2.21. The third-order valence-corrected chi connectivity index (χ3v) is 4.68. The van der Waals surface area contributed by atoms with E-state index in [0.717, 1.165) is 11.3 Å². The maximum Gasteiger partial charge on any atom is 0.260 e. The fourth-order valence-corrected chi connectivity index (χ4v) is 3.00. The van der Waals surface area contributed by atoms with Crippen molar-refractivity contribution in [3.05, 3.63) is 77.9 Å². The van der Waals surface area contributed by atoms with E-state index < -0.39 is 0 Å². The molecular formula is C21H21FN4O3. The van der Waals surface area contributed by atoms with Crippen LogP contribution in [0.5, 0.6) is 5.75 Å². The summed E-state index contributed by atoms with van der Waals surface area (Å²) in [6, 6.07) is 15.6. The number of benzene rings is 2. The van der Waals surface area contributed by atoms with Crippen LogP contribution in [0.1, 0.15) is 17.3 Å². The van der Waals surface area contributed by atoms with Crippen molar-refractivity contribution in [3.63, 3.8) is 0 Å². The number of hydrogen-bond donors (Lipinski definition) is 0. The Kier molecular flexibility index (Phi) is 5.81. The van der Waals surface area contributed by atoms with Crippen molar-refractivity contribution >= 4 is 5.91 Å². The van der Waals surface area contributed by atoms with E-state index in [4.69, 9.17) is 9.47 Å². The molecule has 0 radical (unpaired) electrons. The minimum Gasteiger partial charge on any atom is -0.484 e. The molecule has 4 rings (SSSR count). The van der Waals surface area contributed by atoms with Gasteiger partial charge in [0.05, 0.1) is 25.5 Å². The first-order valence-corrected chi connectivity index (χ1v) is 9.36. The van der Waals surface area contributed by atoms with E-state index in [1.165, 1.54) is 24.3 Å². The third-order valence-electron chi connectivity index (χ3n) is 4.68. The van der Waals surface area contributed by atoms with Crippen LogP contribution in [-0.4, -0.2) is 45.5 Å². The molecule has 8 heteroatoms. The third kappa shape index (κ3) is 4.97. The highest BCUT2D eigenvalue weighted by Gasteiger charge is 2.32. The van der Waals surface area contributed by atoms with Gasteiger partial charge in [-0.2, -0.15) is 0 Å². The monoisotopic (exact) mass is 396 g/mol. The molecule has 2 heterocycles. The van der Waals surface area contributed by atoms with Crippen LogP contribution >= 0.6 is 0 Å². The summed E-state index contributed by atoms with van der Waals surface area (Å²) in [7, 11) is 0. The van der Waals surface area contributed by atoms with Crippen LogP contribution < -0.4 is 4.74 Å². The molecule has 0 saturated carbocycles. The average Bonchev–Trinajstić information content (AvgIpc) is 3.15. The smallest absolute Gasteiger partial charge is 0.260 e. The van der Waals surface area contributed by atoms with Gasteiger partial charge in [0.25, 0.3) is 5.91 Å². The Morgan fingerprint density at radius 3 is 2.59 bits per heavy atom. The zero-order valence-corrected chi connectivity index (χ0v) is 15.8. The standard InChI is InChI=1S/C21H21FN4O3/c22-17-6-8-20(9-7-17)29-15-21(27)25-11-19(12-25)26-10-18(23-24-26)14-28-13-16-4-2-1-3-5-16/h1-10,19H,11-15H2. The van der Waals surface area contributed by atoms with Crippen molar-refractivity contribution < 1.29 is 18.7 Å². The van der Waals surface area contributed by atoms with Gasteiger partial charge in [0.2, 0.25) is 0 Å². The first-order valence-electron chi connectivity index (χ1n) is 9.36. The van der Waals surface area contributed by atoms with E-state index in [-0.39, 0.29) is 24.4 Å². The summed E-state index contributed by atoms with van der Waals surface area (Å²) in [5.74, 6) is 0.0114. The molecule has 0 aliphatic carbocycles. The maximum atomic E-state index is 12.9. The number of rotatable bonds is 8. The van der Waals surface area contributed by atoms with E-state index in [2.05, 4.69) is 10.3 Å². The summed E-state index contributed by atoms with van der Waals surface area (Å²) in [5, 5.41) is 8.27. The van der Waals surface area contributed by atoms with Gasteiger partial charge in [-0.25, -0.2) is 9.07 Å². The van der Waals surface area contributed by atoms with Crippen LogP contribution in [0.3, 0.4) is 0 Å². The van der Waals surface area contributed by atoms with Crippen molar-refractivity contribution in [1.82, 2.24) is 19.9 Å². The van der Waals surface area contributed by atoms with Gasteiger partial charge in [0.1, 0.15) is 17.3 Å². The molecule has 0 N–H and O–H groups in total. The minimum absolute atomic E-state index is 0.0751. The van der Waals surface area contributed by atoms with Gasteiger partial charge >= 0.3 is 0 Å². The van der Waals surface area contributed by atoms with Gasteiger partial charge in [0.15, 0.2) is 6.61 Å². The molecule has 1 aliphatic rings.